The summed E-state index contributed by atoms with van der Waals surface area (Å²) in [4.78, 5) is 42.3. The number of ether oxygens (including phenoxy) is 1. The van der Waals surface area contributed by atoms with Gasteiger partial charge in [-0.05, 0) is 30.2 Å². The van der Waals surface area contributed by atoms with Crippen molar-refractivity contribution in [2.75, 3.05) is 6.54 Å². The molecular formula is C35H45N3O4Si. The Kier molecular flexibility index (Phi) is 10.8. The standard InChI is InChI=1S/C35H45N3O4Si/c1-25(2)31(36-35(41)42-24-27-16-9-6-10-17-27)34(40)38-23-15-22-30(38)32(39)37-33(26(3)4)43(5,28-18-11-7-12-19-28)29-20-13-8-14-21-29/h6-14,16-21,25-26,30-31,33H,15,22-24H2,1-5H3,(H,36,41)(H,37,39)/t30-,31-,33+/m0/s1. The molecule has 0 saturated carbocycles. The average Bonchev–Trinajstić information content (AvgIpc) is 3.52. The molecule has 0 radical (unpaired) electrons. The number of hydrogen-bond donors (Lipinski definition) is 2. The van der Waals surface area contributed by atoms with Crippen molar-refractivity contribution in [3.8, 4) is 0 Å². The van der Waals surface area contributed by atoms with E-state index in [2.05, 4.69) is 79.6 Å². The number of nitrogens with zero attached hydrogens (tertiary/aromatic N) is 1. The van der Waals surface area contributed by atoms with Gasteiger partial charge in [0.15, 0.2) is 0 Å². The van der Waals surface area contributed by atoms with Crippen LogP contribution in [0.25, 0.3) is 0 Å². The Morgan fingerprint density at radius 3 is 1.86 bits per heavy atom. The van der Waals surface area contributed by atoms with E-state index in [0.29, 0.717) is 13.0 Å². The minimum absolute atomic E-state index is 0.102. The maximum Gasteiger partial charge on any atom is 0.408 e. The highest BCUT2D eigenvalue weighted by Crippen LogP contribution is 2.23. The second kappa shape index (κ2) is 14.5. The summed E-state index contributed by atoms with van der Waals surface area (Å²) in [7, 11) is -2.46. The minimum Gasteiger partial charge on any atom is -0.445 e. The van der Waals surface area contributed by atoms with Crippen molar-refractivity contribution in [2.45, 2.75) is 71.4 Å². The fourth-order valence-corrected chi connectivity index (χ4v) is 10.8. The second-order valence-corrected chi connectivity index (χ2v) is 16.5. The zero-order valence-corrected chi connectivity index (χ0v) is 27.0. The molecule has 228 valence electrons. The van der Waals surface area contributed by atoms with Crippen LogP contribution >= 0.6 is 0 Å². The second-order valence-electron chi connectivity index (χ2n) is 12.3. The summed E-state index contributed by atoms with van der Waals surface area (Å²) < 4.78 is 5.40. The predicted octanol–water partition coefficient (Wildman–Crippen LogP) is 4.50. The summed E-state index contributed by atoms with van der Waals surface area (Å²) in [6.45, 7) is 11.0. The molecule has 0 spiro atoms. The van der Waals surface area contributed by atoms with Gasteiger partial charge in [0.2, 0.25) is 11.8 Å². The van der Waals surface area contributed by atoms with Crippen LogP contribution in [0.3, 0.4) is 0 Å². The lowest BCUT2D eigenvalue weighted by molar-refractivity contribution is -0.140. The molecule has 3 aromatic rings. The molecular weight excluding hydrogens is 554 g/mol. The van der Waals surface area contributed by atoms with Crippen molar-refractivity contribution in [2.24, 2.45) is 11.8 Å². The Morgan fingerprint density at radius 1 is 0.814 bits per heavy atom. The monoisotopic (exact) mass is 599 g/mol. The predicted molar refractivity (Wildman–Crippen MR) is 174 cm³/mol. The molecule has 8 heteroatoms. The molecule has 43 heavy (non-hydrogen) atoms. The summed E-state index contributed by atoms with van der Waals surface area (Å²) in [5.74, 6) is -0.409. The van der Waals surface area contributed by atoms with E-state index >= 15 is 0 Å². The number of carbonyl (C=O) groups is 3. The van der Waals surface area contributed by atoms with Gasteiger partial charge in [-0.15, -0.1) is 0 Å². The summed E-state index contributed by atoms with van der Waals surface area (Å²) >= 11 is 0. The normalized spacial score (nSPS) is 16.5. The lowest BCUT2D eigenvalue weighted by atomic mass is 10.0. The molecule has 1 heterocycles. The van der Waals surface area contributed by atoms with Crippen molar-refractivity contribution in [1.29, 1.82) is 0 Å². The summed E-state index contributed by atoms with van der Waals surface area (Å²) in [6, 6.07) is 29.0. The third-order valence-electron chi connectivity index (χ3n) is 8.59. The molecule has 4 rings (SSSR count). The Labute approximate surface area is 257 Å². The molecule has 3 aromatic carbocycles. The first-order chi connectivity index (χ1) is 20.6. The van der Waals surface area contributed by atoms with Crippen molar-refractivity contribution in [3.63, 3.8) is 0 Å². The van der Waals surface area contributed by atoms with Gasteiger partial charge in [-0.2, -0.15) is 0 Å². The van der Waals surface area contributed by atoms with Crippen LogP contribution in [0.15, 0.2) is 91.0 Å². The Hall–Kier alpha value is -3.91. The van der Waals surface area contributed by atoms with Gasteiger partial charge in [0, 0.05) is 12.2 Å². The van der Waals surface area contributed by atoms with Crippen molar-refractivity contribution < 1.29 is 19.1 Å². The molecule has 1 fully saturated rings. The number of hydrogen-bond acceptors (Lipinski definition) is 4. The van der Waals surface area contributed by atoms with Crippen LogP contribution < -0.4 is 21.0 Å². The van der Waals surface area contributed by atoms with Gasteiger partial charge in [-0.25, -0.2) is 4.79 Å². The molecule has 1 saturated heterocycles. The number of nitrogens with one attached hydrogen (secondary N) is 2. The van der Waals surface area contributed by atoms with Crippen LogP contribution in [0, 0.1) is 11.8 Å². The zero-order chi connectivity index (χ0) is 31.0. The first kappa shape index (κ1) is 32.0. The smallest absolute Gasteiger partial charge is 0.408 e. The number of rotatable bonds is 11. The molecule has 2 N–H and O–H groups in total. The van der Waals surface area contributed by atoms with E-state index in [-0.39, 0.29) is 35.9 Å². The van der Waals surface area contributed by atoms with Crippen LogP contribution in [-0.4, -0.2) is 55.2 Å². The average molecular weight is 600 g/mol. The molecule has 7 nitrogen and oxygen atoms in total. The topological polar surface area (TPSA) is 87.7 Å². The third kappa shape index (κ3) is 7.54. The lowest BCUT2D eigenvalue weighted by Crippen LogP contribution is -2.71. The number of alkyl carbamates (subject to hydrolysis) is 1. The van der Waals surface area contributed by atoms with Crippen LogP contribution in [0.2, 0.25) is 6.55 Å². The van der Waals surface area contributed by atoms with E-state index in [1.54, 1.807) is 4.90 Å². The van der Waals surface area contributed by atoms with E-state index in [0.717, 1.165) is 12.0 Å². The zero-order valence-electron chi connectivity index (χ0n) is 26.0. The van der Waals surface area contributed by atoms with Crippen molar-refractivity contribution >= 4 is 36.4 Å². The van der Waals surface area contributed by atoms with Gasteiger partial charge in [0.1, 0.15) is 26.8 Å². The summed E-state index contributed by atoms with van der Waals surface area (Å²) in [5.41, 5.74) is 0.761. The van der Waals surface area contributed by atoms with Gasteiger partial charge in [-0.3, -0.25) is 9.59 Å². The van der Waals surface area contributed by atoms with E-state index < -0.39 is 26.3 Å². The van der Waals surface area contributed by atoms with E-state index in [4.69, 9.17) is 4.74 Å². The molecule has 0 aromatic heterocycles. The fourth-order valence-electron chi connectivity index (χ4n) is 6.21. The fraction of sp³-hybridized carbons (Fsp3) is 0.400. The van der Waals surface area contributed by atoms with Gasteiger partial charge in [0.05, 0.1) is 0 Å². The first-order valence-corrected chi connectivity index (χ1v) is 17.9. The highest BCUT2D eigenvalue weighted by Gasteiger charge is 2.45. The van der Waals surface area contributed by atoms with Crippen LogP contribution in [0.4, 0.5) is 4.79 Å². The van der Waals surface area contributed by atoms with Crippen molar-refractivity contribution in [1.82, 2.24) is 15.5 Å². The molecule has 0 aliphatic carbocycles. The summed E-state index contributed by atoms with van der Waals surface area (Å²) in [6.07, 6.45) is 0.662. The van der Waals surface area contributed by atoms with E-state index in [1.807, 2.05) is 56.3 Å². The molecule has 3 atom stereocenters. The SMILES string of the molecule is CC(C)[C@H](NC(=O)OCc1ccccc1)C(=O)N1CCC[C@H]1C(=O)N[C@@H](C(C)C)[Si](C)(c1ccccc1)c1ccccc1. The quantitative estimate of drug-likeness (QED) is 0.318. The first-order valence-electron chi connectivity index (χ1n) is 15.3. The largest absolute Gasteiger partial charge is 0.445 e. The van der Waals surface area contributed by atoms with Crippen LogP contribution in [0.5, 0.6) is 0 Å². The highest BCUT2D eigenvalue weighted by molar-refractivity contribution is 7.02. The number of amides is 3. The van der Waals surface area contributed by atoms with Crippen LogP contribution in [0.1, 0.15) is 46.1 Å². The molecule has 1 aliphatic heterocycles. The number of benzene rings is 3. The minimum atomic E-state index is -2.46. The molecule has 3 amide bonds. The maximum absolute atomic E-state index is 14.1. The van der Waals surface area contributed by atoms with E-state index in [9.17, 15) is 14.4 Å². The Bertz CT molecular complexity index is 1310. The molecule has 1 aliphatic rings. The Balaban J connectivity index is 1.52. The Morgan fingerprint density at radius 2 is 1.35 bits per heavy atom. The van der Waals surface area contributed by atoms with Gasteiger partial charge < -0.3 is 20.3 Å². The van der Waals surface area contributed by atoms with E-state index in [1.165, 1.54) is 10.4 Å². The number of carbonyl (C=O) groups excluding carboxylic acids is 3. The highest BCUT2D eigenvalue weighted by atomic mass is 28.3. The van der Waals surface area contributed by atoms with Crippen LogP contribution in [-0.2, 0) is 20.9 Å². The van der Waals surface area contributed by atoms with Crippen molar-refractivity contribution in [3.05, 3.63) is 96.6 Å². The van der Waals surface area contributed by atoms with Gasteiger partial charge in [-0.1, -0.05) is 136 Å². The molecule has 0 unspecified atom stereocenters. The number of likely N-dealkylation sites (tertiary alicyclic amines) is 1. The molecule has 0 bridgehead atoms. The summed E-state index contributed by atoms with van der Waals surface area (Å²) in [5, 5.41) is 8.71. The third-order valence-corrected chi connectivity index (χ3v) is 13.7. The lowest BCUT2D eigenvalue weighted by Gasteiger charge is -2.41. The van der Waals surface area contributed by atoms with Gasteiger partial charge >= 0.3 is 6.09 Å². The maximum atomic E-state index is 14.1. The van der Waals surface area contributed by atoms with Gasteiger partial charge in [0.25, 0.3) is 0 Å².